The van der Waals surface area contributed by atoms with Gasteiger partial charge in [-0.05, 0) is 10.9 Å². The van der Waals surface area contributed by atoms with Crippen LogP contribution in [0.1, 0.15) is 25.5 Å². The molecule has 0 aliphatic rings. The summed E-state index contributed by atoms with van der Waals surface area (Å²) in [6.07, 6.45) is 3.80. The van der Waals surface area contributed by atoms with E-state index >= 15 is 0 Å². The zero-order valence-electron chi connectivity index (χ0n) is 10.4. The minimum Gasteiger partial charge on any atom is -0.329 e. The van der Waals surface area contributed by atoms with Crippen LogP contribution in [0, 0.1) is 0 Å². The van der Waals surface area contributed by atoms with Gasteiger partial charge < -0.3 is 11.1 Å². The Bertz CT molecular complexity index is 488. The number of rotatable bonds is 4. The minimum absolute atomic E-state index is 0.161. The second-order valence-corrected chi connectivity index (χ2v) is 4.56. The van der Waals surface area contributed by atoms with Gasteiger partial charge in [-0.1, -0.05) is 38.1 Å². The van der Waals surface area contributed by atoms with Crippen molar-refractivity contribution in [2.24, 2.45) is 5.73 Å². The van der Waals surface area contributed by atoms with E-state index in [1.807, 2.05) is 18.5 Å². The molecule has 0 bridgehead atoms. The number of aromatic nitrogens is 1. The predicted molar refractivity (Wildman–Crippen MR) is 71.8 cm³/mol. The van der Waals surface area contributed by atoms with Crippen molar-refractivity contribution in [1.29, 1.82) is 0 Å². The smallest absolute Gasteiger partial charge is 0.0468 e. The third-order valence-electron chi connectivity index (χ3n) is 2.84. The number of nitrogens with one attached hydrogen (secondary N) is 1. The Kier molecular flexibility index (Phi) is 3.71. The van der Waals surface area contributed by atoms with Gasteiger partial charge in [0.2, 0.25) is 0 Å². The van der Waals surface area contributed by atoms with Gasteiger partial charge in [0.15, 0.2) is 0 Å². The average Bonchev–Trinajstić information content (AvgIpc) is 2.35. The van der Waals surface area contributed by atoms with Gasteiger partial charge in [0.25, 0.3) is 0 Å². The van der Waals surface area contributed by atoms with Crippen LogP contribution in [0.5, 0.6) is 0 Å². The van der Waals surface area contributed by atoms with E-state index in [2.05, 4.69) is 42.3 Å². The molecule has 17 heavy (non-hydrogen) atoms. The molecule has 2 rings (SSSR count). The van der Waals surface area contributed by atoms with Crippen LogP contribution in [0.25, 0.3) is 10.8 Å². The summed E-state index contributed by atoms with van der Waals surface area (Å²) in [7, 11) is 0. The Morgan fingerprint density at radius 2 is 2.00 bits per heavy atom. The van der Waals surface area contributed by atoms with Crippen molar-refractivity contribution < 1.29 is 0 Å². The van der Waals surface area contributed by atoms with Gasteiger partial charge in [-0.25, -0.2) is 0 Å². The van der Waals surface area contributed by atoms with Crippen molar-refractivity contribution in [2.75, 3.05) is 6.54 Å². The van der Waals surface area contributed by atoms with E-state index in [1.54, 1.807) is 0 Å². The molecular formula is C14H19N3. The maximum Gasteiger partial charge on any atom is 0.0468 e. The second-order valence-electron chi connectivity index (χ2n) is 4.56. The molecule has 0 fully saturated rings. The zero-order valence-corrected chi connectivity index (χ0v) is 10.4. The minimum atomic E-state index is 0.161. The number of benzene rings is 1. The lowest BCUT2D eigenvalue weighted by Crippen LogP contribution is -2.33. The topological polar surface area (TPSA) is 50.9 Å². The highest BCUT2D eigenvalue weighted by Crippen LogP contribution is 2.22. The monoisotopic (exact) mass is 229 g/mol. The third kappa shape index (κ3) is 2.62. The largest absolute Gasteiger partial charge is 0.329 e. The van der Waals surface area contributed by atoms with Gasteiger partial charge in [0.1, 0.15) is 0 Å². The first-order chi connectivity index (χ1) is 8.22. The molecule has 0 amide bonds. The van der Waals surface area contributed by atoms with Crippen LogP contribution >= 0.6 is 0 Å². The van der Waals surface area contributed by atoms with Crippen LogP contribution in [-0.4, -0.2) is 17.6 Å². The molecule has 0 aliphatic carbocycles. The lowest BCUT2D eigenvalue weighted by atomic mass is 10.0. The first-order valence-electron chi connectivity index (χ1n) is 6.01. The summed E-state index contributed by atoms with van der Waals surface area (Å²) in [6, 6.07) is 8.85. The summed E-state index contributed by atoms with van der Waals surface area (Å²) >= 11 is 0. The van der Waals surface area contributed by atoms with Crippen molar-refractivity contribution in [2.45, 2.75) is 25.9 Å². The van der Waals surface area contributed by atoms with Gasteiger partial charge in [-0.15, -0.1) is 0 Å². The Hall–Kier alpha value is -1.45. The third-order valence-corrected chi connectivity index (χ3v) is 2.84. The standard InChI is InChI=1S/C14H19N3/c1-10(2)17-14(7-15)13-9-16-8-11-5-3-4-6-12(11)13/h3-6,8-10,14,17H,7,15H2,1-2H3. The van der Waals surface area contributed by atoms with Gasteiger partial charge in [-0.2, -0.15) is 0 Å². The molecule has 0 saturated carbocycles. The maximum atomic E-state index is 5.85. The number of nitrogens with zero attached hydrogens (tertiary/aromatic N) is 1. The number of hydrogen-bond acceptors (Lipinski definition) is 3. The summed E-state index contributed by atoms with van der Waals surface area (Å²) < 4.78 is 0. The zero-order chi connectivity index (χ0) is 12.3. The van der Waals surface area contributed by atoms with Crippen molar-refractivity contribution >= 4 is 10.8 Å². The molecule has 0 aliphatic heterocycles. The quantitative estimate of drug-likeness (QED) is 0.845. The highest BCUT2D eigenvalue weighted by molar-refractivity contribution is 5.85. The molecule has 0 radical (unpaired) electrons. The Morgan fingerprint density at radius 3 is 2.71 bits per heavy atom. The van der Waals surface area contributed by atoms with E-state index in [-0.39, 0.29) is 6.04 Å². The summed E-state index contributed by atoms with van der Waals surface area (Å²) in [6.45, 7) is 4.83. The molecule has 1 aromatic heterocycles. The number of nitrogens with two attached hydrogens (primary N) is 1. The highest BCUT2D eigenvalue weighted by atomic mass is 15.0. The van der Waals surface area contributed by atoms with E-state index in [1.165, 1.54) is 10.9 Å². The molecule has 2 aromatic rings. The molecule has 0 spiro atoms. The Balaban J connectivity index is 2.46. The van der Waals surface area contributed by atoms with Crippen molar-refractivity contribution in [3.05, 3.63) is 42.2 Å². The van der Waals surface area contributed by atoms with Crippen LogP contribution in [-0.2, 0) is 0 Å². The van der Waals surface area contributed by atoms with Crippen LogP contribution in [0.3, 0.4) is 0 Å². The Labute approximate surface area is 102 Å². The molecule has 3 nitrogen and oxygen atoms in total. The SMILES string of the molecule is CC(C)NC(CN)c1cncc2ccccc12. The fourth-order valence-electron chi connectivity index (χ4n) is 2.10. The maximum absolute atomic E-state index is 5.85. The molecule has 1 atom stereocenters. The van der Waals surface area contributed by atoms with Crippen LogP contribution in [0.2, 0.25) is 0 Å². The van der Waals surface area contributed by atoms with E-state index in [0.717, 1.165) is 5.39 Å². The van der Waals surface area contributed by atoms with Gasteiger partial charge in [-0.3, -0.25) is 4.98 Å². The van der Waals surface area contributed by atoms with Crippen LogP contribution in [0.4, 0.5) is 0 Å². The molecule has 1 unspecified atom stereocenters. The predicted octanol–water partition coefficient (Wildman–Crippen LogP) is 2.23. The van der Waals surface area contributed by atoms with E-state index in [9.17, 15) is 0 Å². The first-order valence-corrected chi connectivity index (χ1v) is 6.01. The molecule has 1 aromatic carbocycles. The second kappa shape index (κ2) is 5.25. The van der Waals surface area contributed by atoms with E-state index < -0.39 is 0 Å². The van der Waals surface area contributed by atoms with Gasteiger partial charge in [0, 0.05) is 36.4 Å². The molecule has 90 valence electrons. The summed E-state index contributed by atoms with van der Waals surface area (Å²) in [5.74, 6) is 0. The molecule has 1 heterocycles. The normalized spacial score (nSPS) is 13.2. The van der Waals surface area contributed by atoms with E-state index in [4.69, 9.17) is 5.73 Å². The number of hydrogen-bond donors (Lipinski definition) is 2. The van der Waals surface area contributed by atoms with E-state index in [0.29, 0.717) is 12.6 Å². The summed E-state index contributed by atoms with van der Waals surface area (Å²) in [5, 5.41) is 5.86. The fourth-order valence-corrected chi connectivity index (χ4v) is 2.10. The highest BCUT2D eigenvalue weighted by Gasteiger charge is 2.13. The Morgan fingerprint density at radius 1 is 1.24 bits per heavy atom. The van der Waals surface area contributed by atoms with Crippen LogP contribution < -0.4 is 11.1 Å². The lowest BCUT2D eigenvalue weighted by Gasteiger charge is -2.21. The van der Waals surface area contributed by atoms with Crippen molar-refractivity contribution in [1.82, 2.24) is 10.3 Å². The summed E-state index contributed by atoms with van der Waals surface area (Å²) in [5.41, 5.74) is 7.03. The molecular weight excluding hydrogens is 210 g/mol. The number of fused-ring (bicyclic) bond motifs is 1. The molecule has 3 N–H and O–H groups in total. The number of pyridine rings is 1. The first kappa shape index (κ1) is 12.0. The molecule has 0 saturated heterocycles. The lowest BCUT2D eigenvalue weighted by molar-refractivity contribution is 0.485. The summed E-state index contributed by atoms with van der Waals surface area (Å²) in [4.78, 5) is 4.29. The van der Waals surface area contributed by atoms with Gasteiger partial charge in [0.05, 0.1) is 0 Å². The molecule has 3 heteroatoms. The van der Waals surface area contributed by atoms with Crippen molar-refractivity contribution in [3.8, 4) is 0 Å². The fraction of sp³-hybridized carbons (Fsp3) is 0.357. The average molecular weight is 229 g/mol. The van der Waals surface area contributed by atoms with Crippen molar-refractivity contribution in [3.63, 3.8) is 0 Å². The van der Waals surface area contributed by atoms with Crippen LogP contribution in [0.15, 0.2) is 36.7 Å². The van der Waals surface area contributed by atoms with Gasteiger partial charge >= 0.3 is 0 Å².